The first kappa shape index (κ1) is 11.5. The van der Waals surface area contributed by atoms with E-state index in [9.17, 15) is 9.90 Å². The molecule has 0 aromatic rings. The predicted molar refractivity (Wildman–Crippen MR) is 55.8 cm³/mol. The Balaban J connectivity index is 2.37. The van der Waals surface area contributed by atoms with Crippen molar-refractivity contribution in [3.63, 3.8) is 0 Å². The fourth-order valence-electron chi connectivity index (χ4n) is 1.88. The lowest BCUT2D eigenvalue weighted by Gasteiger charge is -2.31. The maximum Gasteiger partial charge on any atom is 0.222 e. The van der Waals surface area contributed by atoms with Crippen LogP contribution in [0.2, 0.25) is 0 Å². The van der Waals surface area contributed by atoms with E-state index in [1.807, 2.05) is 20.8 Å². The number of carbonyl (C=O) groups is 1. The normalized spacial score (nSPS) is 33.1. The van der Waals surface area contributed by atoms with Crippen molar-refractivity contribution >= 4 is 5.91 Å². The third-order valence-corrected chi connectivity index (χ3v) is 2.99. The van der Waals surface area contributed by atoms with E-state index < -0.39 is 0 Å². The summed E-state index contributed by atoms with van der Waals surface area (Å²) in [5.41, 5.74) is 0. The van der Waals surface area contributed by atoms with E-state index in [0.29, 0.717) is 5.92 Å². The molecule has 3 nitrogen and oxygen atoms in total. The van der Waals surface area contributed by atoms with Gasteiger partial charge in [0.1, 0.15) is 0 Å². The third-order valence-electron chi connectivity index (χ3n) is 2.99. The number of hydrogen-bond donors (Lipinski definition) is 2. The van der Waals surface area contributed by atoms with E-state index in [-0.39, 0.29) is 24.0 Å². The number of aliphatic hydroxyl groups excluding tert-OH is 1. The molecule has 0 aromatic heterocycles. The van der Waals surface area contributed by atoms with Crippen LogP contribution in [0.4, 0.5) is 0 Å². The molecule has 1 saturated carbocycles. The molecule has 0 unspecified atom stereocenters. The van der Waals surface area contributed by atoms with Crippen molar-refractivity contribution < 1.29 is 9.90 Å². The molecule has 1 aliphatic rings. The number of rotatable bonds is 2. The van der Waals surface area contributed by atoms with E-state index in [0.717, 1.165) is 19.3 Å². The Hall–Kier alpha value is -0.570. The maximum atomic E-state index is 11.4. The molecule has 1 aliphatic carbocycles. The van der Waals surface area contributed by atoms with Crippen molar-refractivity contribution in [2.24, 2.45) is 11.8 Å². The van der Waals surface area contributed by atoms with Crippen LogP contribution in [-0.4, -0.2) is 23.2 Å². The second-order valence-corrected chi connectivity index (χ2v) is 4.72. The average molecular weight is 199 g/mol. The molecule has 3 heteroatoms. The van der Waals surface area contributed by atoms with Gasteiger partial charge in [-0.2, -0.15) is 0 Å². The zero-order chi connectivity index (χ0) is 10.7. The highest BCUT2D eigenvalue weighted by atomic mass is 16.3. The minimum Gasteiger partial charge on any atom is -0.393 e. The Bertz CT molecular complexity index is 203. The molecule has 0 bridgehead atoms. The molecule has 0 saturated heterocycles. The lowest BCUT2D eigenvalue weighted by Crippen LogP contribution is -2.43. The van der Waals surface area contributed by atoms with Crippen molar-refractivity contribution in [2.45, 2.75) is 52.2 Å². The average Bonchev–Trinajstić information content (AvgIpc) is 2.11. The third kappa shape index (κ3) is 2.98. The highest BCUT2D eigenvalue weighted by Crippen LogP contribution is 2.24. The summed E-state index contributed by atoms with van der Waals surface area (Å²) in [7, 11) is 0. The molecule has 0 spiro atoms. The van der Waals surface area contributed by atoms with Gasteiger partial charge in [-0.05, 0) is 25.2 Å². The van der Waals surface area contributed by atoms with E-state index in [1.54, 1.807) is 0 Å². The molecular weight excluding hydrogens is 178 g/mol. The fraction of sp³-hybridized carbons (Fsp3) is 0.909. The van der Waals surface area contributed by atoms with Gasteiger partial charge in [-0.25, -0.2) is 0 Å². The quantitative estimate of drug-likeness (QED) is 0.704. The van der Waals surface area contributed by atoms with Crippen LogP contribution in [0.15, 0.2) is 0 Å². The van der Waals surface area contributed by atoms with Gasteiger partial charge in [0, 0.05) is 12.0 Å². The summed E-state index contributed by atoms with van der Waals surface area (Å²) in [6.45, 7) is 5.84. The lowest BCUT2D eigenvalue weighted by molar-refractivity contribution is -0.125. The highest BCUT2D eigenvalue weighted by Gasteiger charge is 2.27. The van der Waals surface area contributed by atoms with Crippen LogP contribution in [0.1, 0.15) is 40.0 Å². The van der Waals surface area contributed by atoms with E-state index >= 15 is 0 Å². The van der Waals surface area contributed by atoms with Crippen LogP contribution in [0.5, 0.6) is 0 Å². The maximum absolute atomic E-state index is 11.4. The monoisotopic (exact) mass is 199 g/mol. The zero-order valence-electron chi connectivity index (χ0n) is 9.29. The highest BCUT2D eigenvalue weighted by molar-refractivity contribution is 5.78. The van der Waals surface area contributed by atoms with Gasteiger partial charge in [-0.15, -0.1) is 0 Å². The first-order valence-corrected chi connectivity index (χ1v) is 5.49. The Morgan fingerprint density at radius 3 is 2.57 bits per heavy atom. The Morgan fingerprint density at radius 1 is 1.43 bits per heavy atom. The topological polar surface area (TPSA) is 49.3 Å². The van der Waals surface area contributed by atoms with Gasteiger partial charge >= 0.3 is 0 Å². The Kier molecular flexibility index (Phi) is 3.93. The number of hydrogen-bond acceptors (Lipinski definition) is 2. The molecule has 2 N–H and O–H groups in total. The molecule has 82 valence electrons. The van der Waals surface area contributed by atoms with Crippen LogP contribution in [-0.2, 0) is 4.79 Å². The van der Waals surface area contributed by atoms with Gasteiger partial charge < -0.3 is 10.4 Å². The summed E-state index contributed by atoms with van der Waals surface area (Å²) in [4.78, 5) is 11.4. The van der Waals surface area contributed by atoms with Crippen molar-refractivity contribution in [3.05, 3.63) is 0 Å². The van der Waals surface area contributed by atoms with Crippen LogP contribution in [0.3, 0.4) is 0 Å². The van der Waals surface area contributed by atoms with E-state index in [4.69, 9.17) is 0 Å². The Morgan fingerprint density at radius 2 is 2.07 bits per heavy atom. The zero-order valence-corrected chi connectivity index (χ0v) is 9.29. The minimum atomic E-state index is -0.179. The van der Waals surface area contributed by atoms with Crippen molar-refractivity contribution in [1.29, 1.82) is 0 Å². The van der Waals surface area contributed by atoms with Crippen molar-refractivity contribution in [2.75, 3.05) is 0 Å². The first-order valence-electron chi connectivity index (χ1n) is 5.49. The second-order valence-electron chi connectivity index (χ2n) is 4.72. The van der Waals surface area contributed by atoms with Gasteiger partial charge in [0.05, 0.1) is 6.10 Å². The molecule has 1 fully saturated rings. The van der Waals surface area contributed by atoms with Crippen LogP contribution >= 0.6 is 0 Å². The molecule has 0 radical (unpaired) electrons. The Labute approximate surface area is 85.9 Å². The molecule has 14 heavy (non-hydrogen) atoms. The number of amides is 1. The molecule has 3 atom stereocenters. The molecule has 0 aromatic carbocycles. The van der Waals surface area contributed by atoms with Crippen molar-refractivity contribution in [3.8, 4) is 0 Å². The van der Waals surface area contributed by atoms with Gasteiger partial charge in [0.2, 0.25) is 5.91 Å². The first-order chi connectivity index (χ1) is 6.50. The number of carbonyl (C=O) groups excluding carboxylic acids is 1. The second kappa shape index (κ2) is 4.78. The van der Waals surface area contributed by atoms with Gasteiger partial charge in [0.15, 0.2) is 0 Å². The van der Waals surface area contributed by atoms with Crippen LogP contribution in [0, 0.1) is 11.8 Å². The van der Waals surface area contributed by atoms with Gasteiger partial charge in [-0.3, -0.25) is 4.79 Å². The summed E-state index contributed by atoms with van der Waals surface area (Å²) < 4.78 is 0. The molecule has 0 heterocycles. The largest absolute Gasteiger partial charge is 0.393 e. The van der Waals surface area contributed by atoms with Crippen LogP contribution in [0.25, 0.3) is 0 Å². The van der Waals surface area contributed by atoms with E-state index in [1.165, 1.54) is 0 Å². The number of nitrogens with one attached hydrogen (secondary N) is 1. The summed E-state index contributed by atoms with van der Waals surface area (Å²) >= 11 is 0. The summed E-state index contributed by atoms with van der Waals surface area (Å²) in [6, 6.07) is 0.267. The predicted octanol–water partition coefficient (Wildman–Crippen LogP) is 1.31. The van der Waals surface area contributed by atoms with Crippen LogP contribution < -0.4 is 5.32 Å². The lowest BCUT2D eigenvalue weighted by atomic mass is 9.84. The molecule has 1 amide bonds. The molecular formula is C11H21NO2. The van der Waals surface area contributed by atoms with Crippen molar-refractivity contribution in [1.82, 2.24) is 5.32 Å². The SMILES string of the molecule is CC(C)C(=O)N[C@H]1CC[C@@H](O)[C@H](C)C1. The summed E-state index contributed by atoms with van der Waals surface area (Å²) in [5, 5.41) is 12.5. The molecule has 1 rings (SSSR count). The fourth-order valence-corrected chi connectivity index (χ4v) is 1.88. The molecule has 0 aliphatic heterocycles. The van der Waals surface area contributed by atoms with Gasteiger partial charge in [-0.1, -0.05) is 20.8 Å². The summed E-state index contributed by atoms with van der Waals surface area (Å²) in [6.07, 6.45) is 2.44. The minimum absolute atomic E-state index is 0.0529. The van der Waals surface area contributed by atoms with E-state index in [2.05, 4.69) is 5.32 Å². The summed E-state index contributed by atoms with van der Waals surface area (Å²) in [5.74, 6) is 0.483. The standard InChI is InChI=1S/C11H21NO2/c1-7(2)11(14)12-9-4-5-10(13)8(3)6-9/h7-10,13H,4-6H2,1-3H3,(H,12,14)/t8-,9+,10-/m1/s1. The van der Waals surface area contributed by atoms with Gasteiger partial charge in [0.25, 0.3) is 0 Å². The smallest absolute Gasteiger partial charge is 0.222 e. The number of aliphatic hydroxyl groups is 1.